The molecule has 0 amide bonds. The number of alkyl halides is 1. The molecule has 1 aromatic carbocycles. The van der Waals surface area contributed by atoms with Gasteiger partial charge in [0.15, 0.2) is 0 Å². The minimum atomic E-state index is -0.756. The van der Waals surface area contributed by atoms with Gasteiger partial charge in [0.1, 0.15) is 30.2 Å². The Morgan fingerprint density at radius 2 is 2.32 bits per heavy atom. The van der Waals surface area contributed by atoms with Crippen molar-refractivity contribution >= 4 is 10.9 Å². The fraction of sp³-hybridized carbons (Fsp3) is 0.522. The molecule has 2 saturated heterocycles. The van der Waals surface area contributed by atoms with E-state index in [2.05, 4.69) is 10.3 Å². The Morgan fingerprint density at radius 1 is 1.48 bits per heavy atom. The van der Waals surface area contributed by atoms with Crippen molar-refractivity contribution < 1.29 is 23.7 Å². The van der Waals surface area contributed by atoms with E-state index < -0.39 is 23.9 Å². The fourth-order valence-corrected chi connectivity index (χ4v) is 5.09. The highest BCUT2D eigenvalue weighted by Crippen LogP contribution is 2.55. The third-order valence-corrected chi connectivity index (χ3v) is 6.80. The number of rotatable bonds is 7. The van der Waals surface area contributed by atoms with Gasteiger partial charge >= 0.3 is 0 Å². The third-order valence-electron chi connectivity index (χ3n) is 6.80. The molecule has 1 aliphatic carbocycles. The van der Waals surface area contributed by atoms with E-state index >= 15 is 0 Å². The summed E-state index contributed by atoms with van der Waals surface area (Å²) in [6, 6.07) is 5.86. The number of fused-ring (bicyclic) bond motifs is 4. The predicted octanol–water partition coefficient (Wildman–Crippen LogP) is 2.10. The van der Waals surface area contributed by atoms with Crippen molar-refractivity contribution in [3.8, 4) is 5.75 Å². The van der Waals surface area contributed by atoms with Gasteiger partial charge in [0.25, 0.3) is 0 Å². The molecular formula is C23H28FN3O4. The molecule has 3 fully saturated rings. The molecule has 2 atom stereocenters. The SMILES string of the molecule is CC(Oc1ccc2ncc3c(c2c1)CCOC3)/C(N)=C/NC12CC(CF)(C1)OC2CO. The molecule has 6 rings (SSSR count). The number of pyridine rings is 1. The van der Waals surface area contributed by atoms with Crippen LogP contribution in [0.2, 0.25) is 0 Å². The van der Waals surface area contributed by atoms with Crippen LogP contribution in [0.4, 0.5) is 4.39 Å². The number of nitrogens with one attached hydrogen (secondary N) is 1. The molecule has 166 valence electrons. The second kappa shape index (κ2) is 7.62. The normalized spacial score (nSPS) is 30.5. The molecule has 4 N–H and O–H groups in total. The Hall–Kier alpha value is -2.42. The molecule has 7 nitrogen and oxygen atoms in total. The first-order valence-electron chi connectivity index (χ1n) is 10.7. The third kappa shape index (κ3) is 3.43. The molecule has 0 radical (unpaired) electrons. The highest BCUT2D eigenvalue weighted by atomic mass is 19.1. The van der Waals surface area contributed by atoms with Gasteiger partial charge in [0, 0.05) is 30.6 Å². The predicted molar refractivity (Wildman–Crippen MR) is 113 cm³/mol. The highest BCUT2D eigenvalue weighted by molar-refractivity contribution is 5.84. The van der Waals surface area contributed by atoms with Crippen molar-refractivity contribution in [1.29, 1.82) is 0 Å². The smallest absolute Gasteiger partial charge is 0.136 e. The highest BCUT2D eigenvalue weighted by Gasteiger charge is 2.67. The minimum absolute atomic E-state index is 0.158. The average Bonchev–Trinajstić information content (AvgIpc) is 3.27. The van der Waals surface area contributed by atoms with E-state index in [1.165, 1.54) is 5.56 Å². The lowest BCUT2D eigenvalue weighted by atomic mass is 9.66. The van der Waals surface area contributed by atoms with Crippen molar-refractivity contribution in [2.24, 2.45) is 5.73 Å². The van der Waals surface area contributed by atoms with Crippen molar-refractivity contribution in [3.05, 3.63) is 47.4 Å². The van der Waals surface area contributed by atoms with Gasteiger partial charge < -0.3 is 30.4 Å². The maximum atomic E-state index is 13.3. The molecule has 0 spiro atoms. The second-order valence-corrected chi connectivity index (χ2v) is 8.91. The number of hydrogen-bond donors (Lipinski definition) is 3. The van der Waals surface area contributed by atoms with Gasteiger partial charge in [-0.1, -0.05) is 0 Å². The van der Waals surface area contributed by atoms with Crippen molar-refractivity contribution in [2.45, 2.75) is 56.1 Å². The number of nitrogens with two attached hydrogens (primary N) is 1. The van der Waals surface area contributed by atoms with E-state index in [0.717, 1.165) is 22.9 Å². The Kier molecular flexibility index (Phi) is 5.03. The van der Waals surface area contributed by atoms with Crippen LogP contribution in [0.15, 0.2) is 36.3 Å². The standard InChI is InChI=1S/C23H28FN3O4/c1-14(19(25)8-27-23-11-22(12-23,13-24)31-21(23)9-28)30-16-2-3-20-18(6-16)17-4-5-29-10-15(17)7-26-20/h2-3,6-8,14,21,27-28H,4-5,9-13,25H2,1H3/b19-8-. The topological polar surface area (TPSA) is 98.9 Å². The van der Waals surface area contributed by atoms with E-state index in [0.29, 0.717) is 37.5 Å². The van der Waals surface area contributed by atoms with Gasteiger partial charge in [0.2, 0.25) is 0 Å². The number of hydrogen-bond acceptors (Lipinski definition) is 7. The summed E-state index contributed by atoms with van der Waals surface area (Å²) in [7, 11) is 0. The minimum Gasteiger partial charge on any atom is -0.484 e. The molecule has 31 heavy (non-hydrogen) atoms. The van der Waals surface area contributed by atoms with Gasteiger partial charge in [-0.2, -0.15) is 0 Å². The van der Waals surface area contributed by atoms with Gasteiger partial charge in [0.05, 0.1) is 36.6 Å². The molecule has 1 aromatic heterocycles. The number of aromatic nitrogens is 1. The zero-order chi connectivity index (χ0) is 21.6. The van der Waals surface area contributed by atoms with E-state index in [1.807, 2.05) is 31.3 Å². The summed E-state index contributed by atoms with van der Waals surface area (Å²) in [5.74, 6) is 0.716. The van der Waals surface area contributed by atoms with Crippen LogP contribution in [0.1, 0.15) is 30.9 Å². The van der Waals surface area contributed by atoms with E-state index in [-0.39, 0.29) is 12.7 Å². The molecule has 4 heterocycles. The van der Waals surface area contributed by atoms with Gasteiger partial charge in [-0.3, -0.25) is 4.98 Å². The maximum absolute atomic E-state index is 13.3. The molecule has 4 aliphatic rings. The number of aliphatic hydroxyl groups excluding tert-OH is 1. The fourth-order valence-electron chi connectivity index (χ4n) is 5.09. The zero-order valence-electron chi connectivity index (χ0n) is 17.6. The summed E-state index contributed by atoms with van der Waals surface area (Å²) in [6.07, 6.45) is 4.67. The van der Waals surface area contributed by atoms with Crippen LogP contribution in [0.5, 0.6) is 5.75 Å². The molecular weight excluding hydrogens is 401 g/mol. The summed E-state index contributed by atoms with van der Waals surface area (Å²) in [4.78, 5) is 4.52. The first kappa shape index (κ1) is 20.5. The number of benzene rings is 1. The van der Waals surface area contributed by atoms with Crippen LogP contribution in [0, 0.1) is 0 Å². The van der Waals surface area contributed by atoms with Crippen molar-refractivity contribution in [1.82, 2.24) is 10.3 Å². The van der Waals surface area contributed by atoms with Gasteiger partial charge in [-0.25, -0.2) is 4.39 Å². The Bertz CT molecular complexity index is 1020. The first-order chi connectivity index (χ1) is 15.0. The van der Waals surface area contributed by atoms with Crippen LogP contribution in [-0.4, -0.2) is 53.3 Å². The van der Waals surface area contributed by atoms with Crippen LogP contribution in [0.3, 0.4) is 0 Å². The zero-order valence-corrected chi connectivity index (χ0v) is 17.6. The molecule has 8 heteroatoms. The average molecular weight is 429 g/mol. The lowest BCUT2D eigenvalue weighted by Crippen LogP contribution is -2.60. The van der Waals surface area contributed by atoms with Crippen LogP contribution in [0.25, 0.3) is 10.9 Å². The van der Waals surface area contributed by atoms with Crippen molar-refractivity contribution in [2.75, 3.05) is 19.9 Å². The summed E-state index contributed by atoms with van der Waals surface area (Å²) in [5, 5.41) is 14.0. The lowest BCUT2D eigenvalue weighted by molar-refractivity contribution is -0.0519. The summed E-state index contributed by atoms with van der Waals surface area (Å²) in [5.41, 5.74) is 8.86. The Balaban J connectivity index is 1.30. The summed E-state index contributed by atoms with van der Waals surface area (Å²) < 4.78 is 30.6. The molecule has 3 aliphatic heterocycles. The van der Waals surface area contributed by atoms with E-state index in [1.54, 1.807) is 6.20 Å². The Labute approximate surface area is 180 Å². The monoisotopic (exact) mass is 429 g/mol. The lowest BCUT2D eigenvalue weighted by Gasteiger charge is -2.44. The maximum Gasteiger partial charge on any atom is 0.136 e. The van der Waals surface area contributed by atoms with Crippen LogP contribution >= 0.6 is 0 Å². The van der Waals surface area contributed by atoms with Gasteiger partial charge in [-0.15, -0.1) is 0 Å². The quantitative estimate of drug-likeness (QED) is 0.620. The van der Waals surface area contributed by atoms with E-state index in [4.69, 9.17) is 19.9 Å². The van der Waals surface area contributed by atoms with Crippen molar-refractivity contribution in [3.63, 3.8) is 0 Å². The second-order valence-electron chi connectivity index (χ2n) is 8.91. The first-order valence-corrected chi connectivity index (χ1v) is 10.7. The summed E-state index contributed by atoms with van der Waals surface area (Å²) in [6.45, 7) is 2.47. The number of nitrogens with zero attached hydrogens (tertiary/aromatic N) is 1. The van der Waals surface area contributed by atoms with E-state index in [9.17, 15) is 9.50 Å². The van der Waals surface area contributed by atoms with Gasteiger partial charge in [-0.05, 0) is 42.7 Å². The van der Waals surface area contributed by atoms with Crippen LogP contribution in [-0.2, 0) is 22.5 Å². The molecule has 1 saturated carbocycles. The Morgan fingerprint density at radius 3 is 3.10 bits per heavy atom. The molecule has 2 aromatic rings. The number of aliphatic hydroxyl groups is 1. The van der Waals surface area contributed by atoms with Crippen LogP contribution < -0.4 is 15.8 Å². The number of halogens is 1. The molecule has 2 bridgehead atoms. The summed E-state index contributed by atoms with van der Waals surface area (Å²) >= 11 is 0. The number of ether oxygens (including phenoxy) is 3. The molecule has 2 unspecified atom stereocenters. The largest absolute Gasteiger partial charge is 0.484 e.